The number of rotatable bonds is 3. The van der Waals surface area contributed by atoms with Gasteiger partial charge in [0.1, 0.15) is 5.60 Å². The van der Waals surface area contributed by atoms with Crippen molar-refractivity contribution in [3.63, 3.8) is 0 Å². The first-order chi connectivity index (χ1) is 8.52. The van der Waals surface area contributed by atoms with Crippen LogP contribution in [0.4, 0.5) is 10.5 Å². The van der Waals surface area contributed by atoms with E-state index >= 15 is 0 Å². The Hall–Kier alpha value is -2.05. The molecule has 0 saturated carbocycles. The van der Waals surface area contributed by atoms with Crippen LogP contribution in [-0.4, -0.2) is 32.6 Å². The maximum Gasteiger partial charge on any atom is 0.412 e. The first-order valence-electron chi connectivity index (χ1n) is 5.81. The zero-order chi connectivity index (χ0) is 14.8. The highest BCUT2D eigenvalue weighted by Gasteiger charge is 2.30. The van der Waals surface area contributed by atoms with E-state index in [4.69, 9.17) is 9.84 Å². The lowest BCUT2D eigenvalue weighted by Gasteiger charge is -2.20. The lowest BCUT2D eigenvalue weighted by molar-refractivity contribution is -0.146. The summed E-state index contributed by atoms with van der Waals surface area (Å²) in [7, 11) is 0. The van der Waals surface area contributed by atoms with E-state index in [2.05, 4.69) is 10.4 Å². The third kappa shape index (κ3) is 3.97. The number of carbonyl (C=O) groups is 2. The Morgan fingerprint density at radius 3 is 2.37 bits per heavy atom. The van der Waals surface area contributed by atoms with Crippen LogP contribution in [0.15, 0.2) is 12.4 Å². The van der Waals surface area contributed by atoms with Crippen LogP contribution >= 0.6 is 0 Å². The highest BCUT2D eigenvalue weighted by Crippen LogP contribution is 2.18. The number of hydrogen-bond donors (Lipinski definition) is 2. The Labute approximate surface area is 111 Å². The molecule has 1 amide bonds. The maximum absolute atomic E-state index is 11.5. The van der Waals surface area contributed by atoms with E-state index in [1.807, 2.05) is 0 Å². The molecule has 0 atom stereocenters. The van der Waals surface area contributed by atoms with Gasteiger partial charge in [-0.05, 0) is 34.6 Å². The Morgan fingerprint density at radius 1 is 1.32 bits per heavy atom. The lowest BCUT2D eigenvalue weighted by Crippen LogP contribution is -2.36. The van der Waals surface area contributed by atoms with Crippen LogP contribution in [0.5, 0.6) is 0 Å². The smallest absolute Gasteiger partial charge is 0.412 e. The largest absolute Gasteiger partial charge is 0.479 e. The van der Waals surface area contributed by atoms with Crippen LogP contribution in [0.3, 0.4) is 0 Å². The van der Waals surface area contributed by atoms with Crippen LogP contribution in [0.2, 0.25) is 0 Å². The van der Waals surface area contributed by atoms with Gasteiger partial charge in [-0.15, -0.1) is 0 Å². The maximum atomic E-state index is 11.5. The fourth-order valence-corrected chi connectivity index (χ4v) is 1.21. The first-order valence-corrected chi connectivity index (χ1v) is 5.81. The molecule has 0 aliphatic rings. The SMILES string of the molecule is CC(C)(C)OC(=O)Nc1cnn(C(C)(C)C(=O)O)c1. The summed E-state index contributed by atoms with van der Waals surface area (Å²) in [4.78, 5) is 22.6. The molecule has 1 heterocycles. The molecule has 0 unspecified atom stereocenters. The van der Waals surface area contributed by atoms with Gasteiger partial charge in [-0.3, -0.25) is 10.00 Å². The molecule has 2 N–H and O–H groups in total. The summed E-state index contributed by atoms with van der Waals surface area (Å²) in [5, 5.41) is 15.5. The van der Waals surface area contributed by atoms with Crippen LogP contribution in [0, 0.1) is 0 Å². The topological polar surface area (TPSA) is 93.5 Å². The van der Waals surface area contributed by atoms with E-state index in [-0.39, 0.29) is 0 Å². The summed E-state index contributed by atoms with van der Waals surface area (Å²) in [5.41, 5.74) is -1.41. The predicted molar refractivity (Wildman–Crippen MR) is 69.0 cm³/mol. The number of amides is 1. The van der Waals surface area contributed by atoms with E-state index in [0.717, 1.165) is 0 Å². The fourth-order valence-electron chi connectivity index (χ4n) is 1.21. The molecule has 0 aliphatic heterocycles. The van der Waals surface area contributed by atoms with E-state index in [1.54, 1.807) is 20.8 Å². The number of carboxylic acid groups (broad SMARTS) is 1. The molecule has 19 heavy (non-hydrogen) atoms. The summed E-state index contributed by atoms with van der Waals surface area (Å²) >= 11 is 0. The van der Waals surface area contributed by atoms with Gasteiger partial charge >= 0.3 is 12.1 Å². The number of aliphatic carboxylic acids is 1. The van der Waals surface area contributed by atoms with Gasteiger partial charge in [0.2, 0.25) is 0 Å². The Bertz CT molecular complexity index is 485. The number of nitrogens with zero attached hydrogens (tertiary/aromatic N) is 2. The van der Waals surface area contributed by atoms with Crippen molar-refractivity contribution in [3.05, 3.63) is 12.4 Å². The average Bonchev–Trinajstić information content (AvgIpc) is 2.62. The third-order valence-electron chi connectivity index (χ3n) is 2.32. The van der Waals surface area contributed by atoms with Gasteiger partial charge in [-0.1, -0.05) is 0 Å². The van der Waals surface area contributed by atoms with Crippen LogP contribution in [-0.2, 0) is 15.1 Å². The minimum absolute atomic E-state index is 0.378. The van der Waals surface area contributed by atoms with E-state index in [9.17, 15) is 9.59 Å². The number of carboxylic acids is 1. The van der Waals surface area contributed by atoms with Crippen molar-refractivity contribution in [1.29, 1.82) is 0 Å². The number of aromatic nitrogens is 2. The first kappa shape index (κ1) is 15.0. The van der Waals surface area contributed by atoms with E-state index < -0.39 is 23.2 Å². The van der Waals surface area contributed by atoms with Crippen molar-refractivity contribution in [2.45, 2.75) is 45.8 Å². The second-order valence-electron chi connectivity index (χ2n) is 5.66. The van der Waals surface area contributed by atoms with Gasteiger partial charge < -0.3 is 9.84 Å². The normalized spacial score (nSPS) is 12.1. The molecule has 1 rings (SSSR count). The van der Waals surface area contributed by atoms with Crippen LogP contribution in [0.1, 0.15) is 34.6 Å². The van der Waals surface area contributed by atoms with Crippen LogP contribution < -0.4 is 5.32 Å². The van der Waals surface area contributed by atoms with E-state index in [1.165, 1.54) is 30.9 Å². The molecule has 7 heteroatoms. The van der Waals surface area contributed by atoms with Crippen molar-refractivity contribution >= 4 is 17.7 Å². The quantitative estimate of drug-likeness (QED) is 0.875. The lowest BCUT2D eigenvalue weighted by atomic mass is 10.1. The number of carbonyl (C=O) groups excluding carboxylic acids is 1. The zero-order valence-corrected chi connectivity index (χ0v) is 11.7. The minimum Gasteiger partial charge on any atom is -0.479 e. The van der Waals surface area contributed by atoms with Gasteiger partial charge in [-0.2, -0.15) is 5.10 Å². The molecule has 7 nitrogen and oxygen atoms in total. The Balaban J connectivity index is 2.76. The molecule has 0 saturated heterocycles. The molecule has 0 aromatic carbocycles. The second-order valence-corrected chi connectivity index (χ2v) is 5.66. The standard InChI is InChI=1S/C12H19N3O4/c1-11(2,3)19-10(18)14-8-6-13-15(7-8)12(4,5)9(16)17/h6-7H,1-5H3,(H,14,18)(H,16,17). The molecular weight excluding hydrogens is 250 g/mol. The molecule has 0 bridgehead atoms. The molecule has 0 spiro atoms. The van der Waals surface area contributed by atoms with Crippen molar-refractivity contribution in [3.8, 4) is 0 Å². The number of nitrogens with one attached hydrogen (secondary N) is 1. The highest BCUT2D eigenvalue weighted by molar-refractivity contribution is 5.84. The highest BCUT2D eigenvalue weighted by atomic mass is 16.6. The molecule has 1 aromatic rings. The summed E-state index contributed by atoms with van der Waals surface area (Å²) in [5.74, 6) is -1.01. The third-order valence-corrected chi connectivity index (χ3v) is 2.32. The summed E-state index contributed by atoms with van der Waals surface area (Å²) < 4.78 is 6.35. The molecule has 1 aromatic heterocycles. The monoisotopic (exact) mass is 269 g/mol. The Kier molecular flexibility index (Phi) is 3.88. The number of hydrogen-bond acceptors (Lipinski definition) is 4. The molecule has 106 valence electrons. The number of ether oxygens (including phenoxy) is 1. The summed E-state index contributed by atoms with van der Waals surface area (Å²) in [6, 6.07) is 0. The fraction of sp³-hybridized carbons (Fsp3) is 0.583. The van der Waals surface area contributed by atoms with Crippen molar-refractivity contribution in [2.75, 3.05) is 5.32 Å². The van der Waals surface area contributed by atoms with Gasteiger partial charge in [0.15, 0.2) is 5.54 Å². The molecule has 0 aliphatic carbocycles. The van der Waals surface area contributed by atoms with Gasteiger partial charge in [-0.25, -0.2) is 9.59 Å². The average molecular weight is 269 g/mol. The number of anilines is 1. The van der Waals surface area contributed by atoms with Crippen molar-refractivity contribution < 1.29 is 19.4 Å². The Morgan fingerprint density at radius 2 is 1.89 bits per heavy atom. The molecule has 0 radical (unpaired) electrons. The van der Waals surface area contributed by atoms with Gasteiger partial charge in [0, 0.05) is 6.20 Å². The zero-order valence-electron chi connectivity index (χ0n) is 11.7. The van der Waals surface area contributed by atoms with E-state index in [0.29, 0.717) is 5.69 Å². The predicted octanol–water partition coefficient (Wildman–Crippen LogP) is 2.05. The molecular formula is C12H19N3O4. The minimum atomic E-state index is -1.19. The summed E-state index contributed by atoms with van der Waals surface area (Å²) in [6.45, 7) is 8.29. The second kappa shape index (κ2) is 4.91. The molecule has 0 fully saturated rings. The summed E-state index contributed by atoms with van der Waals surface area (Å²) in [6.07, 6.45) is 2.20. The van der Waals surface area contributed by atoms with Crippen LogP contribution in [0.25, 0.3) is 0 Å². The van der Waals surface area contributed by atoms with Gasteiger partial charge in [0.05, 0.1) is 11.9 Å². The van der Waals surface area contributed by atoms with Crippen molar-refractivity contribution in [2.24, 2.45) is 0 Å². The van der Waals surface area contributed by atoms with Crippen molar-refractivity contribution in [1.82, 2.24) is 9.78 Å². The van der Waals surface area contributed by atoms with Gasteiger partial charge in [0.25, 0.3) is 0 Å².